The molecule has 1 saturated heterocycles. The third-order valence-corrected chi connectivity index (χ3v) is 11.4. The number of halogens is 2. The summed E-state index contributed by atoms with van der Waals surface area (Å²) in [6, 6.07) is 15.0. The molecule has 2 amide bonds. The van der Waals surface area contributed by atoms with Gasteiger partial charge in [0.2, 0.25) is 0 Å². The van der Waals surface area contributed by atoms with Crippen molar-refractivity contribution in [2.75, 3.05) is 66.8 Å². The second kappa shape index (κ2) is 25.2. The van der Waals surface area contributed by atoms with Gasteiger partial charge in [0, 0.05) is 92.2 Å². The van der Waals surface area contributed by atoms with Crippen LogP contribution in [0.25, 0.3) is 11.4 Å². The van der Waals surface area contributed by atoms with Gasteiger partial charge in [-0.15, -0.1) is 0 Å². The van der Waals surface area contributed by atoms with E-state index >= 15 is 0 Å². The number of alkyl halides is 1. The lowest BCUT2D eigenvalue weighted by molar-refractivity contribution is 0.00578. The van der Waals surface area contributed by atoms with Gasteiger partial charge in [0.1, 0.15) is 41.0 Å². The van der Waals surface area contributed by atoms with Gasteiger partial charge in [-0.25, -0.2) is 19.9 Å². The van der Waals surface area contributed by atoms with E-state index in [1.54, 1.807) is 110 Å². The minimum Gasteiger partial charge on any atom is -0.399 e. The summed E-state index contributed by atoms with van der Waals surface area (Å²) in [5, 5.41) is 18.6. The van der Waals surface area contributed by atoms with Crippen LogP contribution in [0.3, 0.4) is 0 Å². The molecule has 0 atom stereocenters. The van der Waals surface area contributed by atoms with Crippen LogP contribution in [0, 0.1) is 22.7 Å². The molecule has 0 aromatic carbocycles. The lowest BCUT2D eigenvalue weighted by Gasteiger charge is -2.32. The number of carbonyl (C=O) groups excluding carboxylic acids is 2. The van der Waals surface area contributed by atoms with Crippen molar-refractivity contribution in [2.24, 2.45) is 14.1 Å². The summed E-state index contributed by atoms with van der Waals surface area (Å²) in [5.74, 6) is 1.46. The van der Waals surface area contributed by atoms with Crippen LogP contribution >= 0.6 is 38.5 Å². The third kappa shape index (κ3) is 13.2. The molecule has 0 unspecified atom stereocenters. The van der Waals surface area contributed by atoms with E-state index in [9.17, 15) is 20.1 Å². The SMILES string of the molecule is C.C.CI.CN(C(=O)c1cnc(Br)n1C)c1cccnc1.CN(C)c1ncc(-c2ncc(C(=O)N(C)c3cccnc3)n2C)cc1C#N.CN(C)c1ncc(B2OC(C)(C)C(C)(C)O2)cc1C#N. The Morgan fingerprint density at radius 3 is 1.53 bits per heavy atom. The van der Waals surface area contributed by atoms with E-state index in [0.717, 1.165) is 11.2 Å². The second-order valence-electron chi connectivity index (χ2n) is 16.0. The number of imidazole rings is 2. The Bertz CT molecular complexity index is 2690. The second-order valence-corrected chi connectivity index (χ2v) is 16.7. The summed E-state index contributed by atoms with van der Waals surface area (Å²) >= 11 is 5.41. The predicted octanol–water partition coefficient (Wildman–Crippen LogP) is 7.59. The lowest BCUT2D eigenvalue weighted by Crippen LogP contribution is -2.41. The zero-order valence-electron chi connectivity index (χ0n) is 39.3. The lowest BCUT2D eigenvalue weighted by atomic mass is 9.79. The molecule has 0 radical (unpaired) electrons. The Labute approximate surface area is 423 Å². The molecular weight excluding hydrogens is 1040 g/mol. The zero-order valence-corrected chi connectivity index (χ0v) is 43.1. The highest BCUT2D eigenvalue weighted by Gasteiger charge is 2.52. The smallest absolute Gasteiger partial charge is 0.399 e. The van der Waals surface area contributed by atoms with Gasteiger partial charge in [-0.2, -0.15) is 10.5 Å². The molecule has 6 aromatic rings. The van der Waals surface area contributed by atoms with Crippen LogP contribution in [0.4, 0.5) is 23.0 Å². The van der Waals surface area contributed by atoms with Gasteiger partial charge in [0.15, 0.2) is 4.73 Å². The van der Waals surface area contributed by atoms with Gasteiger partial charge < -0.3 is 38.0 Å². The molecule has 0 N–H and O–H groups in total. The van der Waals surface area contributed by atoms with Crippen LogP contribution in [0.5, 0.6) is 0 Å². The maximum Gasteiger partial charge on any atom is 0.496 e. The molecule has 1 aliphatic heterocycles. The Balaban J connectivity index is 0.000000348. The Morgan fingerprint density at radius 1 is 0.676 bits per heavy atom. The van der Waals surface area contributed by atoms with E-state index in [1.807, 2.05) is 77.8 Å². The van der Waals surface area contributed by atoms with Gasteiger partial charge in [0.05, 0.1) is 58.5 Å². The number of nitriles is 2. The molecular formula is C47H61BBrIN14O4. The third-order valence-electron chi connectivity index (χ3n) is 10.7. The van der Waals surface area contributed by atoms with Crippen molar-refractivity contribution in [2.45, 2.75) is 53.8 Å². The molecule has 6 aromatic heterocycles. The number of hydrogen-bond acceptors (Lipinski definition) is 14. The number of carbonyl (C=O) groups is 2. The summed E-state index contributed by atoms with van der Waals surface area (Å²) < 4.78 is 15.9. The number of aromatic nitrogens is 8. The van der Waals surface area contributed by atoms with Crippen molar-refractivity contribution in [3.8, 4) is 23.5 Å². The summed E-state index contributed by atoms with van der Waals surface area (Å²) in [4.78, 5) is 58.8. The normalized spacial score (nSPS) is 12.6. The van der Waals surface area contributed by atoms with Gasteiger partial charge in [-0.1, -0.05) is 37.4 Å². The van der Waals surface area contributed by atoms with Crippen LogP contribution < -0.4 is 25.1 Å². The van der Waals surface area contributed by atoms with Crippen molar-refractivity contribution in [1.29, 1.82) is 10.5 Å². The van der Waals surface area contributed by atoms with Crippen molar-refractivity contribution < 1.29 is 18.9 Å². The average molecular weight is 1100 g/mol. The summed E-state index contributed by atoms with van der Waals surface area (Å²) in [7, 11) is 13.8. The van der Waals surface area contributed by atoms with Crippen LogP contribution in [0.1, 0.15) is 74.7 Å². The molecule has 68 heavy (non-hydrogen) atoms. The molecule has 18 nitrogen and oxygen atoms in total. The van der Waals surface area contributed by atoms with E-state index in [1.165, 1.54) is 16.0 Å². The first-order chi connectivity index (χ1) is 31.2. The van der Waals surface area contributed by atoms with Crippen molar-refractivity contribution in [3.05, 3.63) is 113 Å². The number of hydrogen-bond donors (Lipinski definition) is 0. The van der Waals surface area contributed by atoms with E-state index in [4.69, 9.17) is 9.31 Å². The molecule has 0 spiro atoms. The zero-order chi connectivity index (χ0) is 49.1. The number of nitrogens with zero attached hydrogens (tertiary/aromatic N) is 14. The standard InChI is InChI=1S/C19H19N7O.C14H20BN3O2.C11H11BrN4O.CH3I.2CH4/c1-24(2)17-13(9-20)8-14(10-22-17)18-23-12-16(26(18)4)19(27)25(3)15-6-5-7-21-11-15;1-13(2)14(3,4)20-15(19-13)11-7-10(8-16)12(17-9-11)18(5)6;1-15(8-4-3-5-13-6-8)10(17)9-7-14-11(12)16(9)2;1-2;;/h5-8,10-12H,1-4H3;7,9H,1-6H3;3-7H,1-2H3;1H3;2*1H4. The first-order valence-corrected chi connectivity index (χ1v) is 23.1. The number of amides is 2. The molecule has 0 saturated carbocycles. The minimum absolute atomic E-state index is 0. The fraction of sp³-hybridized carbons (Fsp3) is 0.362. The van der Waals surface area contributed by atoms with Crippen molar-refractivity contribution in [3.63, 3.8) is 0 Å². The first kappa shape index (κ1) is 57.9. The Hall–Kier alpha value is -6.27. The van der Waals surface area contributed by atoms with E-state index in [-0.39, 0.29) is 26.7 Å². The number of rotatable bonds is 8. The van der Waals surface area contributed by atoms with E-state index in [0.29, 0.717) is 56.0 Å². The van der Waals surface area contributed by atoms with Gasteiger partial charge >= 0.3 is 7.12 Å². The number of anilines is 4. The highest BCUT2D eigenvalue weighted by molar-refractivity contribution is 14.1. The monoisotopic (exact) mass is 1100 g/mol. The molecule has 7 heterocycles. The molecule has 1 aliphatic rings. The van der Waals surface area contributed by atoms with Crippen LogP contribution in [0.15, 0.2) is 90.7 Å². The molecule has 21 heteroatoms. The quantitative estimate of drug-likeness (QED) is 0.0820. The molecule has 7 rings (SSSR count). The van der Waals surface area contributed by atoms with Crippen LogP contribution in [-0.2, 0) is 23.4 Å². The average Bonchev–Trinajstić information content (AvgIpc) is 3.95. The van der Waals surface area contributed by atoms with E-state index in [2.05, 4.69) is 80.6 Å². The summed E-state index contributed by atoms with van der Waals surface area (Å²) in [6.45, 7) is 8.00. The van der Waals surface area contributed by atoms with Crippen LogP contribution in [0.2, 0.25) is 0 Å². The number of pyridine rings is 4. The Morgan fingerprint density at radius 2 is 1.12 bits per heavy atom. The van der Waals surface area contributed by atoms with Crippen molar-refractivity contribution in [1.82, 2.24) is 39.0 Å². The first-order valence-electron chi connectivity index (χ1n) is 20.2. The van der Waals surface area contributed by atoms with E-state index < -0.39 is 18.3 Å². The van der Waals surface area contributed by atoms with Gasteiger partial charge in [0.25, 0.3) is 11.8 Å². The van der Waals surface area contributed by atoms with Gasteiger partial charge in [-0.3, -0.25) is 19.6 Å². The maximum absolute atomic E-state index is 12.8. The highest BCUT2D eigenvalue weighted by atomic mass is 127. The fourth-order valence-electron chi connectivity index (χ4n) is 6.18. The largest absolute Gasteiger partial charge is 0.496 e. The predicted molar refractivity (Wildman–Crippen MR) is 283 cm³/mol. The topological polar surface area (TPSA) is 200 Å². The minimum atomic E-state index is -0.490. The molecule has 360 valence electrons. The summed E-state index contributed by atoms with van der Waals surface area (Å²) in [5.41, 5.74) is 3.98. The van der Waals surface area contributed by atoms with Crippen molar-refractivity contribution >= 4 is 85.9 Å². The van der Waals surface area contributed by atoms with Gasteiger partial charge in [-0.05, 0) is 85.0 Å². The van der Waals surface area contributed by atoms with Crippen LogP contribution in [-0.4, -0.2) is 116 Å². The fourth-order valence-corrected chi connectivity index (χ4v) is 6.48. The summed E-state index contributed by atoms with van der Waals surface area (Å²) in [6.07, 6.45) is 13.0. The molecule has 1 fully saturated rings. The molecule has 0 aliphatic carbocycles. The molecule has 0 bridgehead atoms. The Kier molecular flexibility index (Phi) is 21.4. The highest BCUT2D eigenvalue weighted by Crippen LogP contribution is 2.36. The maximum atomic E-state index is 12.8.